The molecule has 0 spiro atoms. The standard InChI is InChI=1S/C21H21NO9S/c1-27-21-16-18(31-20(24)14-10-6-3-7-11-14)17(15(29-21)12-28-32(25,26)22-16)30-19(23)13-8-4-2-5-9-13/h2-11,15-18,21-22H,12H2,1H3/t15-,16+,17+,18-,21-/m1/s1. The summed E-state index contributed by atoms with van der Waals surface area (Å²) in [6, 6.07) is 15.1. The highest BCUT2D eigenvalue weighted by molar-refractivity contribution is 7.84. The van der Waals surface area contributed by atoms with Crippen molar-refractivity contribution in [2.45, 2.75) is 30.6 Å². The molecule has 5 atom stereocenters. The molecule has 32 heavy (non-hydrogen) atoms. The summed E-state index contributed by atoms with van der Waals surface area (Å²) in [5.41, 5.74) is 0.510. The summed E-state index contributed by atoms with van der Waals surface area (Å²) >= 11 is 0. The highest BCUT2D eigenvalue weighted by atomic mass is 32.2. The van der Waals surface area contributed by atoms with E-state index in [1.54, 1.807) is 60.7 Å². The van der Waals surface area contributed by atoms with E-state index in [0.29, 0.717) is 0 Å². The normalized spacial score (nSPS) is 28.8. The first kappa shape index (κ1) is 22.4. The number of hydrogen-bond acceptors (Lipinski definition) is 9. The Hall–Kier alpha value is -2.83. The van der Waals surface area contributed by atoms with Gasteiger partial charge in [-0.3, -0.25) is 4.18 Å². The molecule has 11 heteroatoms. The van der Waals surface area contributed by atoms with Crippen LogP contribution < -0.4 is 4.72 Å². The molecule has 170 valence electrons. The van der Waals surface area contributed by atoms with Crippen LogP contribution in [-0.2, 0) is 33.4 Å². The predicted molar refractivity (Wildman–Crippen MR) is 109 cm³/mol. The quantitative estimate of drug-likeness (QED) is 0.647. The van der Waals surface area contributed by atoms with Crippen molar-refractivity contribution in [3.05, 3.63) is 71.8 Å². The highest BCUT2D eigenvalue weighted by Crippen LogP contribution is 2.31. The Kier molecular flexibility index (Phi) is 6.53. The first-order chi connectivity index (χ1) is 15.4. The number of fused-ring (bicyclic) bond motifs is 3. The Morgan fingerprint density at radius 2 is 1.44 bits per heavy atom. The maximum absolute atomic E-state index is 12.8. The molecular weight excluding hydrogens is 442 g/mol. The summed E-state index contributed by atoms with van der Waals surface area (Å²) in [6.45, 7) is -0.478. The average Bonchev–Trinajstić information content (AvgIpc) is 2.80. The minimum Gasteiger partial charge on any atom is -0.453 e. The van der Waals surface area contributed by atoms with Crippen LogP contribution in [0, 0.1) is 0 Å². The molecule has 0 aliphatic carbocycles. The number of nitrogens with one attached hydrogen (secondary N) is 1. The second-order valence-electron chi connectivity index (χ2n) is 7.13. The van der Waals surface area contributed by atoms with Crippen LogP contribution in [0.25, 0.3) is 0 Å². The van der Waals surface area contributed by atoms with E-state index in [0.717, 1.165) is 0 Å². The van der Waals surface area contributed by atoms with E-state index < -0.39 is 59.5 Å². The van der Waals surface area contributed by atoms with Gasteiger partial charge in [-0.05, 0) is 24.3 Å². The van der Waals surface area contributed by atoms with Gasteiger partial charge in [0.1, 0.15) is 12.1 Å². The SMILES string of the molecule is CO[C@@H]1O[C@@H]2COS(=O)(=O)N[C@H]1[C@@H](OC(=O)c1ccccc1)[C@H]2OC(=O)c1ccccc1. The first-order valence-corrected chi connectivity index (χ1v) is 11.2. The molecule has 2 aliphatic rings. The van der Waals surface area contributed by atoms with Crippen molar-refractivity contribution < 1.29 is 41.1 Å². The van der Waals surface area contributed by atoms with Crippen LogP contribution in [0.1, 0.15) is 20.7 Å². The third-order valence-corrected chi connectivity index (χ3v) is 6.06. The monoisotopic (exact) mass is 463 g/mol. The lowest BCUT2D eigenvalue weighted by Gasteiger charge is -2.46. The van der Waals surface area contributed by atoms with Gasteiger partial charge in [0.25, 0.3) is 0 Å². The molecule has 2 aromatic rings. The minimum absolute atomic E-state index is 0.243. The van der Waals surface area contributed by atoms with Gasteiger partial charge >= 0.3 is 22.2 Å². The molecular formula is C21H21NO9S. The number of rotatable bonds is 5. The summed E-state index contributed by atoms with van der Waals surface area (Å²) < 4.78 is 54.0. The highest BCUT2D eigenvalue weighted by Gasteiger charge is 2.54. The second kappa shape index (κ2) is 9.35. The maximum atomic E-state index is 12.8. The van der Waals surface area contributed by atoms with Gasteiger partial charge in [-0.15, -0.1) is 0 Å². The maximum Gasteiger partial charge on any atom is 0.338 e. The summed E-state index contributed by atoms with van der Waals surface area (Å²) in [6.07, 6.45) is -4.61. The van der Waals surface area contributed by atoms with Crippen LogP contribution >= 0.6 is 0 Å². The molecule has 0 unspecified atom stereocenters. The summed E-state index contributed by atoms with van der Waals surface area (Å²) in [5, 5.41) is 0. The zero-order valence-corrected chi connectivity index (χ0v) is 17.8. The lowest BCUT2D eigenvalue weighted by atomic mass is 9.96. The van der Waals surface area contributed by atoms with Gasteiger partial charge in [0.05, 0.1) is 17.7 Å². The number of methoxy groups -OCH3 is 1. The second-order valence-corrected chi connectivity index (χ2v) is 8.51. The van der Waals surface area contributed by atoms with E-state index in [-0.39, 0.29) is 11.1 Å². The molecule has 4 rings (SSSR count). The molecule has 2 aliphatic heterocycles. The van der Waals surface area contributed by atoms with Crippen LogP contribution in [0.2, 0.25) is 0 Å². The average molecular weight is 463 g/mol. The van der Waals surface area contributed by atoms with Gasteiger partial charge in [-0.2, -0.15) is 13.1 Å². The lowest BCUT2D eigenvalue weighted by molar-refractivity contribution is -0.261. The molecule has 2 heterocycles. The number of carbonyl (C=O) groups is 2. The van der Waals surface area contributed by atoms with Crippen LogP contribution in [0.15, 0.2) is 60.7 Å². The van der Waals surface area contributed by atoms with Crippen molar-refractivity contribution >= 4 is 22.2 Å². The fraction of sp³-hybridized carbons (Fsp3) is 0.333. The number of hydrogen-bond donors (Lipinski definition) is 1. The summed E-state index contributed by atoms with van der Waals surface area (Å²) in [7, 11) is -2.88. The van der Waals surface area contributed by atoms with Crippen LogP contribution in [0.5, 0.6) is 0 Å². The molecule has 2 aromatic carbocycles. The van der Waals surface area contributed by atoms with Crippen LogP contribution in [0.4, 0.5) is 0 Å². The van der Waals surface area contributed by atoms with E-state index in [4.69, 9.17) is 23.1 Å². The van der Waals surface area contributed by atoms with Crippen molar-refractivity contribution in [3.63, 3.8) is 0 Å². The van der Waals surface area contributed by atoms with Gasteiger partial charge in [-0.1, -0.05) is 36.4 Å². The number of carbonyl (C=O) groups excluding carboxylic acids is 2. The van der Waals surface area contributed by atoms with Gasteiger partial charge in [0.15, 0.2) is 18.5 Å². The molecule has 0 radical (unpaired) electrons. The number of benzene rings is 2. The molecule has 10 nitrogen and oxygen atoms in total. The molecule has 2 bridgehead atoms. The van der Waals surface area contributed by atoms with Crippen molar-refractivity contribution in [1.82, 2.24) is 4.72 Å². The van der Waals surface area contributed by atoms with E-state index >= 15 is 0 Å². The lowest BCUT2D eigenvalue weighted by Crippen LogP contribution is -2.68. The van der Waals surface area contributed by atoms with Crippen molar-refractivity contribution in [3.8, 4) is 0 Å². The van der Waals surface area contributed by atoms with E-state index in [2.05, 4.69) is 4.72 Å². The molecule has 0 saturated carbocycles. The van der Waals surface area contributed by atoms with Crippen LogP contribution in [0.3, 0.4) is 0 Å². The zero-order chi connectivity index (χ0) is 22.7. The molecule has 2 saturated heterocycles. The van der Waals surface area contributed by atoms with E-state index in [1.165, 1.54) is 7.11 Å². The van der Waals surface area contributed by atoms with Gasteiger partial charge < -0.3 is 18.9 Å². The third-order valence-electron chi connectivity index (χ3n) is 5.05. The molecule has 0 amide bonds. The fourth-order valence-electron chi connectivity index (χ4n) is 3.54. The van der Waals surface area contributed by atoms with Gasteiger partial charge in [-0.25, -0.2) is 9.59 Å². The largest absolute Gasteiger partial charge is 0.453 e. The smallest absolute Gasteiger partial charge is 0.338 e. The van der Waals surface area contributed by atoms with Crippen molar-refractivity contribution in [1.29, 1.82) is 0 Å². The van der Waals surface area contributed by atoms with Crippen LogP contribution in [-0.4, -0.2) is 64.7 Å². The summed E-state index contributed by atoms with van der Waals surface area (Å²) in [4.78, 5) is 25.5. The third kappa shape index (κ3) is 4.81. The Labute approximate surface area is 184 Å². The molecule has 1 N–H and O–H groups in total. The van der Waals surface area contributed by atoms with E-state index in [1.807, 2.05) is 0 Å². The Morgan fingerprint density at radius 1 is 0.906 bits per heavy atom. The minimum atomic E-state index is -4.20. The van der Waals surface area contributed by atoms with E-state index in [9.17, 15) is 18.0 Å². The topological polar surface area (TPSA) is 126 Å². The predicted octanol–water partition coefficient (Wildman–Crippen LogP) is 1.04. The first-order valence-electron chi connectivity index (χ1n) is 9.75. The zero-order valence-electron chi connectivity index (χ0n) is 16.9. The fourth-order valence-corrected chi connectivity index (χ4v) is 4.50. The Balaban J connectivity index is 1.68. The Morgan fingerprint density at radius 3 is 1.97 bits per heavy atom. The number of ether oxygens (including phenoxy) is 4. The van der Waals surface area contributed by atoms with Gasteiger partial charge in [0, 0.05) is 7.11 Å². The van der Waals surface area contributed by atoms with Crippen molar-refractivity contribution in [2.75, 3.05) is 13.7 Å². The van der Waals surface area contributed by atoms with Crippen molar-refractivity contribution in [2.24, 2.45) is 0 Å². The molecule has 0 aromatic heterocycles. The summed E-state index contributed by atoms with van der Waals surface area (Å²) in [5.74, 6) is -1.42. The molecule has 2 fully saturated rings. The van der Waals surface area contributed by atoms with Gasteiger partial charge in [0.2, 0.25) is 0 Å². The Bertz CT molecular complexity index is 1060. The number of esters is 2.